The molecular weight excluding hydrogens is 359 g/mol. The van der Waals surface area contributed by atoms with E-state index in [4.69, 9.17) is 5.11 Å². The van der Waals surface area contributed by atoms with Crippen LogP contribution in [-0.2, 0) is 4.79 Å². The smallest absolute Gasteiger partial charge is 0.326 e. The summed E-state index contributed by atoms with van der Waals surface area (Å²) >= 11 is 2.16. The molecule has 0 aliphatic carbocycles. The van der Waals surface area contributed by atoms with Gasteiger partial charge in [0.05, 0.1) is 0 Å². The van der Waals surface area contributed by atoms with E-state index in [9.17, 15) is 9.59 Å². The van der Waals surface area contributed by atoms with E-state index in [0.29, 0.717) is 5.69 Å². The molecule has 0 aromatic heterocycles. The van der Waals surface area contributed by atoms with Crippen molar-refractivity contribution in [3.8, 4) is 0 Å². The standard InChI is InChI=1S/C13H17IN2O3/c1-13(2,3)10(11(17)18)16-12(19)15-9-6-4-8(14)5-7-9/h4-7,10H,1-3H3,(H,17,18)(H2,15,16,19). The first kappa shape index (κ1) is 15.7. The van der Waals surface area contributed by atoms with Gasteiger partial charge >= 0.3 is 12.0 Å². The molecule has 2 amide bonds. The molecule has 5 nitrogen and oxygen atoms in total. The second-order valence-corrected chi connectivity index (χ2v) is 6.49. The lowest BCUT2D eigenvalue weighted by Crippen LogP contribution is -2.50. The number of hydrogen-bond donors (Lipinski definition) is 3. The van der Waals surface area contributed by atoms with Gasteiger partial charge in [0.1, 0.15) is 6.04 Å². The molecule has 0 spiro atoms. The second kappa shape index (κ2) is 6.23. The van der Waals surface area contributed by atoms with Crippen molar-refractivity contribution in [2.45, 2.75) is 26.8 Å². The van der Waals surface area contributed by atoms with Crippen molar-refractivity contribution in [3.63, 3.8) is 0 Å². The SMILES string of the molecule is CC(C)(C)C(NC(=O)Nc1ccc(I)cc1)C(=O)O. The molecule has 0 radical (unpaired) electrons. The zero-order chi connectivity index (χ0) is 14.6. The number of benzene rings is 1. The summed E-state index contributed by atoms with van der Waals surface area (Å²) in [5.74, 6) is -1.05. The molecule has 0 aliphatic rings. The van der Waals surface area contributed by atoms with Gasteiger partial charge in [-0.05, 0) is 52.3 Å². The van der Waals surface area contributed by atoms with Gasteiger partial charge in [0, 0.05) is 9.26 Å². The first-order chi connectivity index (χ1) is 8.70. The molecule has 1 atom stereocenters. The van der Waals surface area contributed by atoms with E-state index in [0.717, 1.165) is 3.57 Å². The number of aliphatic carboxylic acids is 1. The number of carbonyl (C=O) groups excluding carboxylic acids is 1. The minimum absolute atomic E-state index is 0.525. The fraction of sp³-hybridized carbons (Fsp3) is 0.385. The first-order valence-electron chi connectivity index (χ1n) is 5.76. The van der Waals surface area contributed by atoms with Crippen molar-refractivity contribution in [2.24, 2.45) is 5.41 Å². The number of carbonyl (C=O) groups is 2. The summed E-state index contributed by atoms with van der Waals surface area (Å²) in [4.78, 5) is 22.9. The first-order valence-corrected chi connectivity index (χ1v) is 6.84. The summed E-state index contributed by atoms with van der Waals surface area (Å²) in [6, 6.07) is 5.76. The fourth-order valence-corrected chi connectivity index (χ4v) is 1.84. The van der Waals surface area contributed by atoms with Gasteiger partial charge in [0.15, 0.2) is 0 Å². The van der Waals surface area contributed by atoms with Gasteiger partial charge in [-0.3, -0.25) is 0 Å². The number of anilines is 1. The quantitative estimate of drug-likeness (QED) is 0.710. The van der Waals surface area contributed by atoms with Gasteiger partial charge in [-0.15, -0.1) is 0 Å². The Labute approximate surface area is 125 Å². The summed E-state index contributed by atoms with van der Waals surface area (Å²) in [6.07, 6.45) is 0. The Hall–Kier alpha value is -1.31. The van der Waals surface area contributed by atoms with E-state index < -0.39 is 23.5 Å². The minimum Gasteiger partial charge on any atom is -0.480 e. The average Bonchev–Trinajstić information content (AvgIpc) is 2.27. The number of amides is 2. The van der Waals surface area contributed by atoms with Crippen LogP contribution < -0.4 is 10.6 Å². The molecule has 1 rings (SSSR count). The summed E-state index contributed by atoms with van der Waals surface area (Å²) < 4.78 is 1.06. The van der Waals surface area contributed by atoms with Crippen LogP contribution in [0.2, 0.25) is 0 Å². The molecule has 1 aromatic rings. The lowest BCUT2D eigenvalue weighted by atomic mass is 9.87. The van der Waals surface area contributed by atoms with Crippen LogP contribution in [0, 0.1) is 8.99 Å². The highest BCUT2D eigenvalue weighted by Crippen LogP contribution is 2.19. The normalized spacial score (nSPS) is 12.6. The molecule has 1 unspecified atom stereocenters. The molecule has 0 bridgehead atoms. The van der Waals surface area contributed by atoms with Crippen LogP contribution in [0.3, 0.4) is 0 Å². The third-order valence-electron chi connectivity index (χ3n) is 2.49. The Morgan fingerprint density at radius 2 is 1.74 bits per heavy atom. The molecule has 6 heteroatoms. The molecule has 0 heterocycles. The van der Waals surface area contributed by atoms with E-state index in [2.05, 4.69) is 33.2 Å². The number of hydrogen-bond acceptors (Lipinski definition) is 2. The van der Waals surface area contributed by atoms with Crippen molar-refractivity contribution in [3.05, 3.63) is 27.8 Å². The minimum atomic E-state index is -1.05. The van der Waals surface area contributed by atoms with Gasteiger partial charge in [0.25, 0.3) is 0 Å². The van der Waals surface area contributed by atoms with Crippen LogP contribution in [0.15, 0.2) is 24.3 Å². The molecule has 0 saturated carbocycles. The molecule has 0 fully saturated rings. The highest BCUT2D eigenvalue weighted by atomic mass is 127. The van der Waals surface area contributed by atoms with Gasteiger partial charge in [-0.1, -0.05) is 20.8 Å². The molecule has 0 saturated heterocycles. The van der Waals surface area contributed by atoms with Crippen LogP contribution in [0.1, 0.15) is 20.8 Å². The number of halogens is 1. The summed E-state index contributed by atoms with van der Waals surface area (Å²) in [5, 5.41) is 14.2. The summed E-state index contributed by atoms with van der Waals surface area (Å²) in [5.41, 5.74) is 0.0610. The van der Waals surface area contributed by atoms with E-state index in [1.54, 1.807) is 32.9 Å². The van der Waals surface area contributed by atoms with Crippen LogP contribution in [0.5, 0.6) is 0 Å². The van der Waals surface area contributed by atoms with Crippen molar-refractivity contribution in [1.82, 2.24) is 5.32 Å². The largest absolute Gasteiger partial charge is 0.480 e. The van der Waals surface area contributed by atoms with Gasteiger partial charge < -0.3 is 15.7 Å². The summed E-state index contributed by atoms with van der Waals surface area (Å²) in [7, 11) is 0. The molecule has 19 heavy (non-hydrogen) atoms. The van der Waals surface area contributed by atoms with Gasteiger partial charge in [0.2, 0.25) is 0 Å². The zero-order valence-electron chi connectivity index (χ0n) is 11.0. The number of carboxylic acid groups (broad SMARTS) is 1. The van der Waals surface area contributed by atoms with E-state index in [-0.39, 0.29) is 0 Å². The maximum atomic E-state index is 11.8. The molecule has 1 aromatic carbocycles. The van der Waals surface area contributed by atoms with Crippen molar-refractivity contribution in [1.29, 1.82) is 0 Å². The molecule has 3 N–H and O–H groups in total. The number of nitrogens with one attached hydrogen (secondary N) is 2. The predicted molar refractivity (Wildman–Crippen MR) is 82.2 cm³/mol. The molecule has 0 aliphatic heterocycles. The fourth-order valence-electron chi connectivity index (χ4n) is 1.48. The Kier molecular flexibility index (Phi) is 5.16. The Bertz CT molecular complexity index is 466. The Morgan fingerprint density at radius 1 is 1.21 bits per heavy atom. The predicted octanol–water partition coefficient (Wildman–Crippen LogP) is 2.91. The van der Waals surface area contributed by atoms with Crippen LogP contribution >= 0.6 is 22.6 Å². The van der Waals surface area contributed by atoms with E-state index >= 15 is 0 Å². The van der Waals surface area contributed by atoms with Crippen LogP contribution in [0.4, 0.5) is 10.5 Å². The second-order valence-electron chi connectivity index (χ2n) is 5.24. The van der Waals surface area contributed by atoms with Crippen molar-refractivity contribution < 1.29 is 14.7 Å². The van der Waals surface area contributed by atoms with Crippen molar-refractivity contribution in [2.75, 3.05) is 5.32 Å². The number of carboxylic acids is 1. The van der Waals surface area contributed by atoms with E-state index in [1.165, 1.54) is 0 Å². The maximum absolute atomic E-state index is 11.8. The number of rotatable bonds is 3. The number of urea groups is 1. The maximum Gasteiger partial charge on any atom is 0.326 e. The van der Waals surface area contributed by atoms with Crippen molar-refractivity contribution >= 4 is 40.3 Å². The highest BCUT2D eigenvalue weighted by Gasteiger charge is 2.32. The topological polar surface area (TPSA) is 78.4 Å². The van der Waals surface area contributed by atoms with Gasteiger partial charge in [-0.2, -0.15) is 0 Å². The third kappa shape index (κ3) is 5.06. The third-order valence-corrected chi connectivity index (χ3v) is 3.21. The van der Waals surface area contributed by atoms with Crippen LogP contribution in [-0.4, -0.2) is 23.1 Å². The lowest BCUT2D eigenvalue weighted by Gasteiger charge is -2.27. The lowest BCUT2D eigenvalue weighted by molar-refractivity contribution is -0.141. The average molecular weight is 376 g/mol. The van der Waals surface area contributed by atoms with Crippen LogP contribution in [0.25, 0.3) is 0 Å². The zero-order valence-corrected chi connectivity index (χ0v) is 13.2. The Morgan fingerprint density at radius 3 is 2.16 bits per heavy atom. The molecule has 104 valence electrons. The summed E-state index contributed by atoms with van der Waals surface area (Å²) in [6.45, 7) is 5.28. The Balaban J connectivity index is 2.68. The van der Waals surface area contributed by atoms with Gasteiger partial charge in [-0.25, -0.2) is 9.59 Å². The highest BCUT2D eigenvalue weighted by molar-refractivity contribution is 14.1. The monoisotopic (exact) mass is 376 g/mol. The molecular formula is C13H17IN2O3. The van der Waals surface area contributed by atoms with E-state index in [1.807, 2.05) is 12.1 Å².